The van der Waals surface area contributed by atoms with Crippen LogP contribution in [0.2, 0.25) is 0 Å². The molecule has 0 bridgehead atoms. The van der Waals surface area contributed by atoms with Crippen LogP contribution in [0, 0.1) is 0 Å². The Balaban J connectivity index is 1.70. The third kappa shape index (κ3) is 3.99. The van der Waals surface area contributed by atoms with Crippen molar-refractivity contribution in [1.82, 2.24) is 14.5 Å². The molecule has 0 aliphatic carbocycles. The summed E-state index contributed by atoms with van der Waals surface area (Å²) in [5.74, 6) is 0.948. The van der Waals surface area contributed by atoms with Gasteiger partial charge in [0.2, 0.25) is 5.95 Å². The van der Waals surface area contributed by atoms with Gasteiger partial charge in [0.25, 0.3) is 0 Å². The number of imidazole rings is 1. The Bertz CT molecular complexity index is 333. The number of anilines is 1. The van der Waals surface area contributed by atoms with E-state index >= 15 is 0 Å². The molecule has 18 heavy (non-hydrogen) atoms. The Hall–Kier alpha value is -1.07. The molecule has 0 spiro atoms. The zero-order valence-corrected chi connectivity index (χ0v) is 11.3. The summed E-state index contributed by atoms with van der Waals surface area (Å²) in [6.07, 6.45) is 7.91. The van der Waals surface area contributed by atoms with E-state index in [0.717, 1.165) is 32.2 Å². The summed E-state index contributed by atoms with van der Waals surface area (Å²) in [6.45, 7) is 6.14. The average Bonchev–Trinajstić information content (AvgIpc) is 2.85. The number of hydrogen-bond acceptors (Lipinski definition) is 4. The normalized spacial score (nSPS) is 16.9. The lowest BCUT2D eigenvalue weighted by Crippen LogP contribution is -2.34. The molecule has 0 amide bonds. The van der Waals surface area contributed by atoms with E-state index in [0.29, 0.717) is 0 Å². The lowest BCUT2D eigenvalue weighted by molar-refractivity contribution is 0.187. The molecule has 1 saturated heterocycles. The molecule has 102 valence electrons. The third-order valence-corrected chi connectivity index (χ3v) is 3.41. The fourth-order valence-corrected chi connectivity index (χ4v) is 2.36. The minimum absolute atomic E-state index is 0.719. The van der Waals surface area contributed by atoms with E-state index in [1.165, 1.54) is 32.4 Å². The van der Waals surface area contributed by atoms with Crippen molar-refractivity contribution in [2.75, 3.05) is 45.2 Å². The second-order valence-electron chi connectivity index (χ2n) is 4.77. The Morgan fingerprint density at radius 2 is 2.11 bits per heavy atom. The standard InChI is InChI=1S/C13H24N4O/c1-18-12-11-17-10-6-15-13(17)14-5-9-16-7-3-2-4-8-16/h6,10H,2-5,7-9,11-12H2,1H3,(H,14,15). The molecule has 2 rings (SSSR count). The number of ether oxygens (including phenoxy) is 1. The van der Waals surface area contributed by atoms with Crippen molar-refractivity contribution in [3.63, 3.8) is 0 Å². The minimum atomic E-state index is 0.719. The molecular formula is C13H24N4O. The zero-order valence-electron chi connectivity index (χ0n) is 11.3. The molecule has 0 saturated carbocycles. The number of likely N-dealkylation sites (tertiary alicyclic amines) is 1. The summed E-state index contributed by atoms with van der Waals surface area (Å²) in [7, 11) is 1.72. The maximum absolute atomic E-state index is 5.09. The fraction of sp³-hybridized carbons (Fsp3) is 0.769. The predicted octanol–water partition coefficient (Wildman–Crippen LogP) is 1.43. The van der Waals surface area contributed by atoms with E-state index in [2.05, 4.69) is 19.8 Å². The van der Waals surface area contributed by atoms with Gasteiger partial charge in [-0.2, -0.15) is 0 Å². The lowest BCUT2D eigenvalue weighted by Gasteiger charge is -2.26. The molecule has 1 aliphatic heterocycles. The van der Waals surface area contributed by atoms with Gasteiger partial charge in [-0.1, -0.05) is 6.42 Å². The van der Waals surface area contributed by atoms with Crippen molar-refractivity contribution in [3.05, 3.63) is 12.4 Å². The van der Waals surface area contributed by atoms with E-state index in [4.69, 9.17) is 4.74 Å². The molecule has 2 heterocycles. The first-order valence-corrected chi connectivity index (χ1v) is 6.86. The largest absolute Gasteiger partial charge is 0.383 e. The first-order chi connectivity index (χ1) is 8.90. The van der Waals surface area contributed by atoms with Crippen molar-refractivity contribution < 1.29 is 4.74 Å². The summed E-state index contributed by atoms with van der Waals surface area (Å²) in [5.41, 5.74) is 0. The molecule has 1 aromatic heterocycles. The van der Waals surface area contributed by atoms with Gasteiger partial charge in [0.1, 0.15) is 0 Å². The number of piperidine rings is 1. The highest BCUT2D eigenvalue weighted by Crippen LogP contribution is 2.08. The van der Waals surface area contributed by atoms with Crippen LogP contribution in [0.5, 0.6) is 0 Å². The summed E-state index contributed by atoms with van der Waals surface area (Å²) >= 11 is 0. The Morgan fingerprint density at radius 1 is 1.28 bits per heavy atom. The van der Waals surface area contributed by atoms with Crippen LogP contribution < -0.4 is 5.32 Å². The molecule has 0 atom stereocenters. The molecule has 1 aromatic rings. The molecule has 1 N–H and O–H groups in total. The highest BCUT2D eigenvalue weighted by Gasteiger charge is 2.09. The van der Waals surface area contributed by atoms with Gasteiger partial charge < -0.3 is 19.5 Å². The van der Waals surface area contributed by atoms with Crippen LogP contribution in [0.15, 0.2) is 12.4 Å². The maximum Gasteiger partial charge on any atom is 0.202 e. The van der Waals surface area contributed by atoms with Gasteiger partial charge in [0.15, 0.2) is 0 Å². The smallest absolute Gasteiger partial charge is 0.202 e. The van der Waals surface area contributed by atoms with Crippen molar-refractivity contribution in [1.29, 1.82) is 0 Å². The molecule has 1 fully saturated rings. The fourth-order valence-electron chi connectivity index (χ4n) is 2.36. The van der Waals surface area contributed by atoms with Crippen LogP contribution in [0.3, 0.4) is 0 Å². The van der Waals surface area contributed by atoms with Crippen molar-refractivity contribution >= 4 is 5.95 Å². The van der Waals surface area contributed by atoms with Crippen molar-refractivity contribution in [2.45, 2.75) is 25.8 Å². The molecule has 5 nitrogen and oxygen atoms in total. The lowest BCUT2D eigenvalue weighted by atomic mass is 10.1. The van der Waals surface area contributed by atoms with Crippen LogP contribution in [-0.4, -0.2) is 54.3 Å². The van der Waals surface area contributed by atoms with E-state index in [1.54, 1.807) is 7.11 Å². The monoisotopic (exact) mass is 252 g/mol. The number of nitrogens with zero attached hydrogens (tertiary/aromatic N) is 3. The van der Waals surface area contributed by atoms with Gasteiger partial charge in [0, 0.05) is 39.1 Å². The SMILES string of the molecule is COCCn1ccnc1NCCN1CCCCC1. The quantitative estimate of drug-likeness (QED) is 0.797. The van der Waals surface area contributed by atoms with E-state index in [1.807, 2.05) is 12.4 Å². The predicted molar refractivity (Wildman–Crippen MR) is 72.9 cm³/mol. The molecule has 1 aliphatic rings. The van der Waals surface area contributed by atoms with Gasteiger partial charge in [-0.05, 0) is 25.9 Å². The topological polar surface area (TPSA) is 42.3 Å². The van der Waals surface area contributed by atoms with Crippen molar-refractivity contribution in [3.8, 4) is 0 Å². The third-order valence-electron chi connectivity index (χ3n) is 3.41. The van der Waals surface area contributed by atoms with Gasteiger partial charge in [-0.3, -0.25) is 0 Å². The molecular weight excluding hydrogens is 228 g/mol. The molecule has 0 unspecified atom stereocenters. The Kier molecular flexibility index (Phi) is 5.48. The van der Waals surface area contributed by atoms with Crippen LogP contribution >= 0.6 is 0 Å². The first kappa shape index (κ1) is 13.4. The second-order valence-corrected chi connectivity index (χ2v) is 4.77. The van der Waals surface area contributed by atoms with Gasteiger partial charge in [-0.15, -0.1) is 0 Å². The molecule has 0 aromatic carbocycles. The van der Waals surface area contributed by atoms with E-state index < -0.39 is 0 Å². The summed E-state index contributed by atoms with van der Waals surface area (Å²) < 4.78 is 7.18. The number of hydrogen-bond donors (Lipinski definition) is 1. The minimum Gasteiger partial charge on any atom is -0.383 e. The Labute approximate surface area is 109 Å². The average molecular weight is 252 g/mol. The van der Waals surface area contributed by atoms with Crippen LogP contribution in [0.4, 0.5) is 5.95 Å². The van der Waals surface area contributed by atoms with E-state index in [9.17, 15) is 0 Å². The maximum atomic E-state index is 5.09. The van der Waals surface area contributed by atoms with Crippen LogP contribution in [0.1, 0.15) is 19.3 Å². The number of rotatable bonds is 7. The van der Waals surface area contributed by atoms with Crippen molar-refractivity contribution in [2.24, 2.45) is 0 Å². The summed E-state index contributed by atoms with van der Waals surface area (Å²) in [4.78, 5) is 6.86. The number of methoxy groups -OCH3 is 1. The summed E-state index contributed by atoms with van der Waals surface area (Å²) in [5, 5.41) is 3.40. The van der Waals surface area contributed by atoms with Gasteiger partial charge in [-0.25, -0.2) is 4.98 Å². The Morgan fingerprint density at radius 3 is 2.89 bits per heavy atom. The van der Waals surface area contributed by atoms with Gasteiger partial charge in [0.05, 0.1) is 6.61 Å². The number of aromatic nitrogens is 2. The number of nitrogens with one attached hydrogen (secondary N) is 1. The molecule has 5 heteroatoms. The van der Waals surface area contributed by atoms with Gasteiger partial charge >= 0.3 is 0 Å². The molecule has 0 radical (unpaired) electrons. The van der Waals surface area contributed by atoms with Crippen LogP contribution in [-0.2, 0) is 11.3 Å². The first-order valence-electron chi connectivity index (χ1n) is 6.86. The zero-order chi connectivity index (χ0) is 12.6. The highest BCUT2D eigenvalue weighted by molar-refractivity contribution is 5.25. The summed E-state index contributed by atoms with van der Waals surface area (Å²) in [6, 6.07) is 0. The highest BCUT2D eigenvalue weighted by atomic mass is 16.5. The van der Waals surface area contributed by atoms with Crippen LogP contribution in [0.25, 0.3) is 0 Å². The second kappa shape index (κ2) is 7.38. The van der Waals surface area contributed by atoms with E-state index in [-0.39, 0.29) is 0 Å².